The molecule has 1 heterocycles. The van der Waals surface area contributed by atoms with Crippen LogP contribution in [0.2, 0.25) is 0 Å². The average Bonchev–Trinajstić information content (AvgIpc) is 2.38. The maximum atomic E-state index is 10.9. The highest BCUT2D eigenvalue weighted by molar-refractivity contribution is 6.14. The zero-order valence-electron chi connectivity index (χ0n) is 9.97. The standard InChI is InChI=1S/C13H16N2O3/c1-9(13(17)18)10-3-2-4-11(7-10)15-6-5-14-8-12(15)16/h2-4,7,12,14,16H,1,5-6,8H2,(H,17,18). The van der Waals surface area contributed by atoms with E-state index in [0.717, 1.165) is 12.2 Å². The Labute approximate surface area is 105 Å². The number of carboxylic acids is 1. The van der Waals surface area contributed by atoms with Gasteiger partial charge in [-0.2, -0.15) is 0 Å². The number of rotatable bonds is 3. The first-order valence-corrected chi connectivity index (χ1v) is 5.77. The molecule has 18 heavy (non-hydrogen) atoms. The maximum Gasteiger partial charge on any atom is 0.335 e. The first-order chi connectivity index (χ1) is 8.59. The highest BCUT2D eigenvalue weighted by atomic mass is 16.4. The molecule has 2 rings (SSSR count). The van der Waals surface area contributed by atoms with Gasteiger partial charge in [0.15, 0.2) is 0 Å². The van der Waals surface area contributed by atoms with Crippen molar-refractivity contribution in [1.82, 2.24) is 5.32 Å². The maximum absolute atomic E-state index is 10.9. The Morgan fingerprint density at radius 2 is 2.28 bits per heavy atom. The minimum absolute atomic E-state index is 0.0569. The lowest BCUT2D eigenvalue weighted by molar-refractivity contribution is -0.130. The zero-order valence-corrected chi connectivity index (χ0v) is 9.97. The van der Waals surface area contributed by atoms with E-state index in [1.165, 1.54) is 0 Å². The Bertz CT molecular complexity index is 473. The van der Waals surface area contributed by atoms with E-state index < -0.39 is 12.2 Å². The number of aliphatic hydroxyl groups excluding tert-OH is 1. The average molecular weight is 248 g/mol. The van der Waals surface area contributed by atoms with Gasteiger partial charge in [-0.15, -0.1) is 0 Å². The van der Waals surface area contributed by atoms with E-state index in [1.807, 2.05) is 11.0 Å². The summed E-state index contributed by atoms with van der Waals surface area (Å²) in [6.07, 6.45) is -0.591. The summed E-state index contributed by atoms with van der Waals surface area (Å²) in [4.78, 5) is 12.7. The second kappa shape index (κ2) is 5.20. The van der Waals surface area contributed by atoms with Gasteiger partial charge in [-0.1, -0.05) is 18.7 Å². The van der Waals surface area contributed by atoms with Crippen molar-refractivity contribution in [3.05, 3.63) is 36.4 Å². The minimum atomic E-state index is -1.03. The topological polar surface area (TPSA) is 72.8 Å². The molecule has 1 aliphatic heterocycles. The Morgan fingerprint density at radius 1 is 1.50 bits per heavy atom. The van der Waals surface area contributed by atoms with E-state index in [1.54, 1.807) is 18.2 Å². The van der Waals surface area contributed by atoms with Crippen molar-refractivity contribution in [2.24, 2.45) is 0 Å². The smallest absolute Gasteiger partial charge is 0.335 e. The number of aliphatic hydroxyl groups is 1. The fraction of sp³-hybridized carbons (Fsp3) is 0.308. The van der Waals surface area contributed by atoms with Crippen LogP contribution in [0.25, 0.3) is 5.57 Å². The van der Waals surface area contributed by atoms with Crippen LogP contribution in [0.3, 0.4) is 0 Å². The molecular formula is C13H16N2O3. The number of aliphatic carboxylic acids is 1. The van der Waals surface area contributed by atoms with Gasteiger partial charge in [0.1, 0.15) is 6.23 Å². The largest absolute Gasteiger partial charge is 0.478 e. The predicted molar refractivity (Wildman–Crippen MR) is 69.3 cm³/mol. The van der Waals surface area contributed by atoms with Crippen molar-refractivity contribution < 1.29 is 15.0 Å². The number of piperazine rings is 1. The SMILES string of the molecule is C=C(C(=O)O)c1cccc(N2CCNCC2O)c1. The summed E-state index contributed by atoms with van der Waals surface area (Å²) in [7, 11) is 0. The first-order valence-electron chi connectivity index (χ1n) is 5.77. The van der Waals surface area contributed by atoms with Crippen LogP contribution in [0.4, 0.5) is 5.69 Å². The molecule has 1 unspecified atom stereocenters. The van der Waals surface area contributed by atoms with Gasteiger partial charge in [-0.25, -0.2) is 4.79 Å². The van der Waals surface area contributed by atoms with Crippen molar-refractivity contribution >= 4 is 17.2 Å². The van der Waals surface area contributed by atoms with Crippen LogP contribution in [0, 0.1) is 0 Å². The van der Waals surface area contributed by atoms with E-state index in [4.69, 9.17) is 5.11 Å². The molecule has 3 N–H and O–H groups in total. The predicted octanol–water partition coefficient (Wildman–Crippen LogP) is 0.512. The summed E-state index contributed by atoms with van der Waals surface area (Å²) in [6, 6.07) is 7.07. The number of nitrogens with zero attached hydrogens (tertiary/aromatic N) is 1. The van der Waals surface area contributed by atoms with Crippen LogP contribution in [0.5, 0.6) is 0 Å². The lowest BCUT2D eigenvalue weighted by Gasteiger charge is -2.34. The minimum Gasteiger partial charge on any atom is -0.478 e. The van der Waals surface area contributed by atoms with Gasteiger partial charge in [-0.05, 0) is 17.7 Å². The van der Waals surface area contributed by atoms with Gasteiger partial charge in [-0.3, -0.25) is 0 Å². The third-order valence-electron chi connectivity index (χ3n) is 3.00. The van der Waals surface area contributed by atoms with Crippen molar-refractivity contribution in [3.63, 3.8) is 0 Å². The number of β-amino-alcohol motifs (C(OH)–C–C–N with tert-alkyl or cyclic N) is 1. The van der Waals surface area contributed by atoms with E-state index in [2.05, 4.69) is 11.9 Å². The summed E-state index contributed by atoms with van der Waals surface area (Å²) in [5, 5.41) is 21.9. The molecule has 0 aliphatic carbocycles. The highest BCUT2D eigenvalue weighted by Crippen LogP contribution is 2.22. The third-order valence-corrected chi connectivity index (χ3v) is 3.00. The van der Waals surface area contributed by atoms with E-state index >= 15 is 0 Å². The lowest BCUT2D eigenvalue weighted by Crippen LogP contribution is -2.51. The summed E-state index contributed by atoms with van der Waals surface area (Å²) < 4.78 is 0. The van der Waals surface area contributed by atoms with Crippen LogP contribution >= 0.6 is 0 Å². The van der Waals surface area contributed by atoms with Crippen LogP contribution < -0.4 is 10.2 Å². The highest BCUT2D eigenvalue weighted by Gasteiger charge is 2.20. The first kappa shape index (κ1) is 12.6. The van der Waals surface area contributed by atoms with Gasteiger partial charge >= 0.3 is 5.97 Å². The van der Waals surface area contributed by atoms with Crippen molar-refractivity contribution in [2.45, 2.75) is 6.23 Å². The van der Waals surface area contributed by atoms with E-state index in [0.29, 0.717) is 18.7 Å². The van der Waals surface area contributed by atoms with Crippen molar-refractivity contribution in [3.8, 4) is 0 Å². The molecule has 0 aromatic heterocycles. The van der Waals surface area contributed by atoms with Crippen LogP contribution in [-0.4, -0.2) is 42.0 Å². The van der Waals surface area contributed by atoms with Crippen LogP contribution in [0.15, 0.2) is 30.8 Å². The molecule has 0 saturated carbocycles. The lowest BCUT2D eigenvalue weighted by atomic mass is 10.1. The van der Waals surface area contributed by atoms with E-state index in [9.17, 15) is 9.90 Å². The number of carbonyl (C=O) groups is 1. The molecule has 1 fully saturated rings. The summed E-state index contributed by atoms with van der Waals surface area (Å²) in [6.45, 7) is 5.52. The molecule has 5 heteroatoms. The summed E-state index contributed by atoms with van der Waals surface area (Å²) >= 11 is 0. The molecule has 1 atom stereocenters. The number of carboxylic acid groups (broad SMARTS) is 1. The normalized spacial score (nSPS) is 19.6. The molecule has 0 bridgehead atoms. The molecule has 0 amide bonds. The van der Waals surface area contributed by atoms with Gasteiger partial charge in [0.05, 0.1) is 5.57 Å². The Balaban J connectivity index is 2.26. The fourth-order valence-corrected chi connectivity index (χ4v) is 1.99. The van der Waals surface area contributed by atoms with Crippen LogP contribution in [-0.2, 0) is 4.79 Å². The van der Waals surface area contributed by atoms with Crippen molar-refractivity contribution in [2.75, 3.05) is 24.5 Å². The Hall–Kier alpha value is -1.85. The van der Waals surface area contributed by atoms with Gasteiger partial charge < -0.3 is 20.4 Å². The van der Waals surface area contributed by atoms with Gasteiger partial charge in [0, 0.05) is 25.3 Å². The monoisotopic (exact) mass is 248 g/mol. The van der Waals surface area contributed by atoms with E-state index in [-0.39, 0.29) is 5.57 Å². The molecule has 1 aromatic rings. The van der Waals surface area contributed by atoms with Gasteiger partial charge in [0.25, 0.3) is 0 Å². The molecule has 1 saturated heterocycles. The summed E-state index contributed by atoms with van der Waals surface area (Å²) in [5.41, 5.74) is 1.43. The molecule has 96 valence electrons. The molecular weight excluding hydrogens is 232 g/mol. The number of benzene rings is 1. The number of nitrogens with one attached hydrogen (secondary N) is 1. The molecule has 0 radical (unpaired) electrons. The summed E-state index contributed by atoms with van der Waals surface area (Å²) in [5.74, 6) is -1.03. The van der Waals surface area contributed by atoms with Crippen molar-refractivity contribution in [1.29, 1.82) is 0 Å². The van der Waals surface area contributed by atoms with Gasteiger partial charge in [0.2, 0.25) is 0 Å². The van der Waals surface area contributed by atoms with Crippen LogP contribution in [0.1, 0.15) is 5.56 Å². The quantitative estimate of drug-likeness (QED) is 0.680. The number of hydrogen-bond acceptors (Lipinski definition) is 4. The molecule has 1 aromatic carbocycles. The second-order valence-corrected chi connectivity index (χ2v) is 4.21. The molecule has 1 aliphatic rings. The third kappa shape index (κ3) is 2.52. The zero-order chi connectivity index (χ0) is 13.1. The number of hydrogen-bond donors (Lipinski definition) is 3. The Kier molecular flexibility index (Phi) is 3.64. The Morgan fingerprint density at radius 3 is 2.94 bits per heavy atom. The fourth-order valence-electron chi connectivity index (χ4n) is 1.99. The molecule has 0 spiro atoms. The molecule has 5 nitrogen and oxygen atoms in total. The second-order valence-electron chi connectivity index (χ2n) is 4.21. The number of anilines is 1.